The summed E-state index contributed by atoms with van der Waals surface area (Å²) < 4.78 is 10.6. The highest BCUT2D eigenvalue weighted by atomic mass is 32.2. The third-order valence-electron chi connectivity index (χ3n) is 4.39. The molecule has 1 heterocycles. The van der Waals surface area contributed by atoms with Crippen LogP contribution in [0.5, 0.6) is 11.5 Å². The van der Waals surface area contributed by atoms with Crippen molar-refractivity contribution in [1.29, 1.82) is 0 Å². The number of thioether (sulfide) groups is 1. The van der Waals surface area contributed by atoms with Crippen LogP contribution in [0.15, 0.2) is 41.3 Å². The van der Waals surface area contributed by atoms with E-state index in [1.54, 1.807) is 17.8 Å². The molecule has 1 unspecified atom stereocenters. The zero-order valence-electron chi connectivity index (χ0n) is 13.5. The van der Waals surface area contributed by atoms with Crippen molar-refractivity contribution in [2.75, 3.05) is 12.1 Å². The Morgan fingerprint density at radius 3 is 2.83 bits per heavy atom. The average molecular weight is 341 g/mol. The second-order valence-electron chi connectivity index (χ2n) is 6.10. The van der Waals surface area contributed by atoms with Gasteiger partial charge in [-0.15, -0.1) is 11.8 Å². The number of carbonyl (C=O) groups is 1. The lowest BCUT2D eigenvalue weighted by Crippen LogP contribution is -2.22. The predicted octanol–water partition coefficient (Wildman–Crippen LogP) is 4.02. The van der Waals surface area contributed by atoms with E-state index < -0.39 is 0 Å². The smallest absolute Gasteiger partial charge is 0.237 e. The van der Waals surface area contributed by atoms with Crippen LogP contribution in [0.25, 0.3) is 0 Å². The highest BCUT2D eigenvalue weighted by molar-refractivity contribution is 8.00. The van der Waals surface area contributed by atoms with Gasteiger partial charge in [-0.3, -0.25) is 4.79 Å². The number of hydrogen-bond donors (Lipinski definition) is 1. The van der Waals surface area contributed by atoms with Gasteiger partial charge in [-0.05, 0) is 61.6 Å². The van der Waals surface area contributed by atoms with Gasteiger partial charge in [-0.25, -0.2) is 0 Å². The lowest BCUT2D eigenvalue weighted by atomic mass is 10.1. The van der Waals surface area contributed by atoms with Gasteiger partial charge in [0.1, 0.15) is 0 Å². The molecule has 0 saturated carbocycles. The van der Waals surface area contributed by atoms with Crippen LogP contribution in [0.1, 0.15) is 24.5 Å². The SMILES string of the molecule is CC(Sc1ccc2c(c1)CCC2)C(=O)Nc1ccc2c(c1)OCO2. The van der Waals surface area contributed by atoms with Crippen LogP contribution >= 0.6 is 11.8 Å². The van der Waals surface area contributed by atoms with Crippen LogP contribution in [-0.2, 0) is 17.6 Å². The fraction of sp³-hybridized carbons (Fsp3) is 0.316. The van der Waals surface area contributed by atoms with Crippen molar-refractivity contribution in [2.24, 2.45) is 0 Å². The van der Waals surface area contributed by atoms with E-state index in [0.29, 0.717) is 11.5 Å². The Kier molecular flexibility index (Phi) is 4.10. The molecule has 124 valence electrons. The number of aryl methyl sites for hydroxylation is 2. The number of anilines is 1. The highest BCUT2D eigenvalue weighted by Gasteiger charge is 2.19. The van der Waals surface area contributed by atoms with Crippen LogP contribution in [0.2, 0.25) is 0 Å². The molecule has 5 heteroatoms. The topological polar surface area (TPSA) is 47.6 Å². The normalized spacial score (nSPS) is 15.9. The molecule has 0 bridgehead atoms. The number of fused-ring (bicyclic) bond motifs is 2. The minimum absolute atomic E-state index is 0.0145. The Morgan fingerprint density at radius 1 is 1.08 bits per heavy atom. The third-order valence-corrected chi connectivity index (χ3v) is 5.49. The van der Waals surface area contributed by atoms with Gasteiger partial charge < -0.3 is 14.8 Å². The van der Waals surface area contributed by atoms with Gasteiger partial charge in [0.25, 0.3) is 0 Å². The maximum Gasteiger partial charge on any atom is 0.237 e. The summed E-state index contributed by atoms with van der Waals surface area (Å²) in [4.78, 5) is 13.6. The molecule has 0 spiro atoms. The Hall–Kier alpha value is -2.14. The van der Waals surface area contributed by atoms with E-state index in [9.17, 15) is 4.79 Å². The molecule has 0 radical (unpaired) electrons. The van der Waals surface area contributed by atoms with Gasteiger partial charge in [0, 0.05) is 16.6 Å². The van der Waals surface area contributed by atoms with E-state index in [-0.39, 0.29) is 18.0 Å². The van der Waals surface area contributed by atoms with E-state index in [4.69, 9.17) is 9.47 Å². The predicted molar refractivity (Wildman–Crippen MR) is 95.0 cm³/mol. The lowest BCUT2D eigenvalue weighted by Gasteiger charge is -2.13. The monoisotopic (exact) mass is 341 g/mol. The molecule has 1 aliphatic heterocycles. The van der Waals surface area contributed by atoms with Crippen molar-refractivity contribution in [3.63, 3.8) is 0 Å². The van der Waals surface area contributed by atoms with Crippen molar-refractivity contribution in [1.82, 2.24) is 0 Å². The number of hydrogen-bond acceptors (Lipinski definition) is 4. The van der Waals surface area contributed by atoms with E-state index in [0.717, 1.165) is 17.0 Å². The first-order valence-corrected chi connectivity index (χ1v) is 9.06. The molecule has 1 aliphatic carbocycles. The molecule has 1 amide bonds. The number of amides is 1. The van der Waals surface area contributed by atoms with Crippen molar-refractivity contribution >= 4 is 23.4 Å². The minimum Gasteiger partial charge on any atom is -0.454 e. The van der Waals surface area contributed by atoms with Gasteiger partial charge in [-0.1, -0.05) is 6.07 Å². The minimum atomic E-state index is -0.171. The van der Waals surface area contributed by atoms with E-state index >= 15 is 0 Å². The molecule has 2 aliphatic rings. The first-order chi connectivity index (χ1) is 11.7. The molecule has 0 fully saturated rings. The molecule has 1 N–H and O–H groups in total. The fourth-order valence-corrected chi connectivity index (χ4v) is 4.03. The number of carbonyl (C=O) groups excluding carboxylic acids is 1. The Morgan fingerprint density at radius 2 is 1.92 bits per heavy atom. The molecular formula is C19H19NO3S. The summed E-state index contributed by atoms with van der Waals surface area (Å²) in [6.07, 6.45) is 3.57. The van der Waals surface area contributed by atoms with Crippen molar-refractivity contribution in [3.8, 4) is 11.5 Å². The highest BCUT2D eigenvalue weighted by Crippen LogP contribution is 2.35. The third kappa shape index (κ3) is 3.08. The molecule has 2 aromatic rings. The number of benzene rings is 2. The van der Waals surface area contributed by atoms with Crippen LogP contribution in [0.3, 0.4) is 0 Å². The number of rotatable bonds is 4. The van der Waals surface area contributed by atoms with Gasteiger partial charge >= 0.3 is 0 Å². The van der Waals surface area contributed by atoms with Crippen LogP contribution in [0, 0.1) is 0 Å². The quantitative estimate of drug-likeness (QED) is 0.853. The van der Waals surface area contributed by atoms with Crippen molar-refractivity contribution in [3.05, 3.63) is 47.5 Å². The van der Waals surface area contributed by atoms with E-state index in [1.165, 1.54) is 24.0 Å². The van der Waals surface area contributed by atoms with E-state index in [2.05, 4.69) is 23.5 Å². The summed E-state index contributed by atoms with van der Waals surface area (Å²) in [5.41, 5.74) is 3.62. The van der Waals surface area contributed by atoms with E-state index in [1.807, 2.05) is 19.1 Å². The first kappa shape index (κ1) is 15.4. The van der Waals surface area contributed by atoms with Gasteiger partial charge in [0.2, 0.25) is 12.7 Å². The second-order valence-corrected chi connectivity index (χ2v) is 7.52. The molecule has 0 saturated heterocycles. The summed E-state index contributed by atoms with van der Waals surface area (Å²) in [5, 5.41) is 2.78. The number of nitrogens with one attached hydrogen (secondary N) is 1. The summed E-state index contributed by atoms with van der Waals surface area (Å²) in [5.74, 6) is 1.37. The zero-order chi connectivity index (χ0) is 16.5. The molecule has 24 heavy (non-hydrogen) atoms. The maximum absolute atomic E-state index is 12.4. The van der Waals surface area contributed by atoms with Gasteiger partial charge in [0.15, 0.2) is 11.5 Å². The Bertz CT molecular complexity index is 790. The Labute approximate surface area is 145 Å². The molecule has 0 aromatic heterocycles. The molecule has 1 atom stereocenters. The second kappa shape index (κ2) is 6.40. The molecule has 4 rings (SSSR count). The van der Waals surface area contributed by atoms with Crippen LogP contribution in [-0.4, -0.2) is 18.0 Å². The zero-order valence-corrected chi connectivity index (χ0v) is 14.3. The average Bonchev–Trinajstić information content (AvgIpc) is 3.22. The lowest BCUT2D eigenvalue weighted by molar-refractivity contribution is -0.115. The van der Waals surface area contributed by atoms with Crippen molar-refractivity contribution in [2.45, 2.75) is 36.3 Å². The molecular weight excluding hydrogens is 322 g/mol. The summed E-state index contributed by atoms with van der Waals surface area (Å²) in [7, 11) is 0. The summed E-state index contributed by atoms with van der Waals surface area (Å²) in [6, 6.07) is 12.0. The first-order valence-electron chi connectivity index (χ1n) is 8.18. The largest absolute Gasteiger partial charge is 0.454 e. The Balaban J connectivity index is 1.41. The molecule has 2 aromatic carbocycles. The molecule has 4 nitrogen and oxygen atoms in total. The fourth-order valence-electron chi connectivity index (χ4n) is 3.10. The summed E-state index contributed by atoms with van der Waals surface area (Å²) >= 11 is 1.59. The van der Waals surface area contributed by atoms with Crippen LogP contribution in [0.4, 0.5) is 5.69 Å². The maximum atomic E-state index is 12.4. The van der Waals surface area contributed by atoms with Crippen LogP contribution < -0.4 is 14.8 Å². The number of ether oxygens (including phenoxy) is 2. The van der Waals surface area contributed by atoms with Crippen molar-refractivity contribution < 1.29 is 14.3 Å². The van der Waals surface area contributed by atoms with Gasteiger partial charge in [0.05, 0.1) is 5.25 Å². The van der Waals surface area contributed by atoms with Gasteiger partial charge in [-0.2, -0.15) is 0 Å². The summed E-state index contributed by atoms with van der Waals surface area (Å²) in [6.45, 7) is 2.16. The standard InChI is InChI=1S/C19H19NO3S/c1-12(24-16-7-5-13-3-2-4-14(13)9-16)19(21)20-15-6-8-17-18(10-15)23-11-22-17/h5-10,12H,2-4,11H2,1H3,(H,20,21).